The Morgan fingerprint density at radius 3 is 1.74 bits per heavy atom. The smallest absolute Gasteiger partial charge is 0.273 e. The van der Waals surface area contributed by atoms with Gasteiger partial charge in [-0.15, -0.1) is 0 Å². The van der Waals surface area contributed by atoms with Crippen LogP contribution in [0.4, 0.5) is 0 Å². The van der Waals surface area contributed by atoms with E-state index in [9.17, 15) is 4.79 Å². The molecule has 39 heavy (non-hydrogen) atoms. The van der Waals surface area contributed by atoms with Crippen molar-refractivity contribution in [2.45, 2.75) is 146 Å². The largest absolute Gasteiger partial charge is 0.414 e. The lowest BCUT2D eigenvalue weighted by Gasteiger charge is -2.44. The van der Waals surface area contributed by atoms with E-state index in [2.05, 4.69) is 107 Å². The minimum absolute atomic E-state index is 0.00106. The van der Waals surface area contributed by atoms with Crippen LogP contribution in [0, 0.1) is 0 Å². The first-order valence-electron chi connectivity index (χ1n) is 14.1. The second-order valence-corrected chi connectivity index (χ2v) is 30.6. The van der Waals surface area contributed by atoms with Gasteiger partial charge in [-0.1, -0.05) is 74.1 Å². The Labute approximate surface area is 245 Å². The van der Waals surface area contributed by atoms with Gasteiger partial charge in [-0.2, -0.15) is 4.98 Å². The van der Waals surface area contributed by atoms with Crippen molar-refractivity contribution in [1.29, 1.82) is 0 Å². The van der Waals surface area contributed by atoms with Gasteiger partial charge in [0, 0.05) is 12.3 Å². The summed E-state index contributed by atoms with van der Waals surface area (Å²) in [6.07, 6.45) is 2.22. The second kappa shape index (κ2) is 11.8. The fourth-order valence-corrected chi connectivity index (χ4v) is 7.79. The van der Waals surface area contributed by atoms with Gasteiger partial charge in [-0.05, 0) is 60.7 Å². The maximum Gasteiger partial charge on any atom is 0.273 e. The number of hydrogen-bond acceptors (Lipinski definition) is 7. The molecule has 0 aliphatic carbocycles. The maximum absolute atomic E-state index is 12.2. The third-order valence-corrected chi connectivity index (χ3v) is 23.6. The normalized spacial score (nSPS) is 23.9. The number of thioether (sulfide) groups is 1. The third-order valence-electron chi connectivity index (χ3n) is 9.44. The summed E-state index contributed by atoms with van der Waals surface area (Å²) in [5, 5.41) is 0.694. The zero-order chi connectivity index (χ0) is 30.4. The van der Waals surface area contributed by atoms with Gasteiger partial charge in [0.2, 0.25) is 0 Å². The molecule has 2 heterocycles. The molecule has 0 radical (unpaired) electrons. The third kappa shape index (κ3) is 7.97. The van der Waals surface area contributed by atoms with Crippen molar-refractivity contribution in [3.05, 3.63) is 22.6 Å². The van der Waals surface area contributed by atoms with E-state index in [-0.39, 0.29) is 39.0 Å². The predicted molar refractivity (Wildman–Crippen MR) is 171 cm³/mol. The zero-order valence-corrected chi connectivity index (χ0v) is 31.3. The molecule has 2 rings (SSSR count). The first-order chi connectivity index (χ1) is 17.3. The van der Waals surface area contributed by atoms with Gasteiger partial charge in [0.05, 0.1) is 6.61 Å². The van der Waals surface area contributed by atoms with Gasteiger partial charge in [0.1, 0.15) is 18.3 Å². The van der Waals surface area contributed by atoms with Crippen LogP contribution in [0.2, 0.25) is 54.4 Å². The summed E-state index contributed by atoms with van der Waals surface area (Å²) < 4.78 is 30.0. The Morgan fingerprint density at radius 2 is 1.31 bits per heavy atom. The van der Waals surface area contributed by atoms with Gasteiger partial charge < -0.3 is 18.0 Å². The standard InChI is InChI=1S/C28H56N2O5SSi3/c1-26(2,3)37(11,12)32-19-20-22(34-38(13,14)27(4,5)6)23(35-39(15,16)28(7,8)9)24(33-20)30-18-17-21(31)29-25(30)36-10/h17-18,20,22-24H,19H2,1-16H3/t20-,22-,23-,24-/m1/s1. The number of rotatable bonds is 9. The van der Waals surface area contributed by atoms with E-state index in [0.717, 1.165) is 0 Å². The van der Waals surface area contributed by atoms with Gasteiger partial charge in [0.15, 0.2) is 36.3 Å². The zero-order valence-electron chi connectivity index (χ0n) is 27.5. The molecule has 1 aromatic rings. The van der Waals surface area contributed by atoms with Gasteiger partial charge in [-0.3, -0.25) is 9.36 Å². The Balaban J connectivity index is 2.68. The molecule has 0 amide bonds. The lowest BCUT2D eigenvalue weighted by molar-refractivity contribution is -0.0537. The van der Waals surface area contributed by atoms with Gasteiger partial charge >= 0.3 is 0 Å². The van der Waals surface area contributed by atoms with Gasteiger partial charge in [0.25, 0.3) is 5.56 Å². The first kappa shape index (κ1) is 34.9. The SMILES string of the molecule is CSc1nc(=O)ccn1[C@@H]1O[C@H](CO[Si](C)(C)C(C)(C)C)[C@@H](O[Si](C)(C)C(C)(C)C)[C@H]1O[Si](C)(C)C(C)(C)C. The van der Waals surface area contributed by atoms with Crippen LogP contribution >= 0.6 is 11.8 Å². The average Bonchev–Trinajstić information content (AvgIpc) is 3.05. The van der Waals surface area contributed by atoms with Crippen LogP contribution in [0.15, 0.2) is 22.2 Å². The number of hydrogen-bond donors (Lipinski definition) is 0. The summed E-state index contributed by atoms with van der Waals surface area (Å²) in [6, 6.07) is 1.50. The summed E-state index contributed by atoms with van der Waals surface area (Å²) in [7, 11) is -6.50. The number of nitrogens with zero attached hydrogens (tertiary/aromatic N) is 2. The second-order valence-electron chi connectivity index (χ2n) is 15.5. The van der Waals surface area contributed by atoms with Crippen LogP contribution in [-0.2, 0) is 18.0 Å². The maximum atomic E-state index is 12.2. The average molecular weight is 617 g/mol. The fraction of sp³-hybridized carbons (Fsp3) is 0.857. The highest BCUT2D eigenvalue weighted by atomic mass is 32.2. The molecule has 4 atom stereocenters. The first-order valence-corrected chi connectivity index (χ1v) is 24.1. The Hall–Kier alpha value is -0.279. The molecule has 0 saturated carbocycles. The van der Waals surface area contributed by atoms with Crippen molar-refractivity contribution in [2.24, 2.45) is 0 Å². The Bertz CT molecular complexity index is 1040. The molecule has 1 saturated heterocycles. The van der Waals surface area contributed by atoms with E-state index >= 15 is 0 Å². The summed E-state index contributed by atoms with van der Waals surface area (Å²) in [5.41, 5.74) is -0.262. The van der Waals surface area contributed by atoms with Crippen molar-refractivity contribution in [3.8, 4) is 0 Å². The highest BCUT2D eigenvalue weighted by Gasteiger charge is 2.55. The van der Waals surface area contributed by atoms with E-state index in [1.54, 1.807) is 6.20 Å². The molecule has 1 aliphatic rings. The quantitative estimate of drug-likeness (QED) is 0.160. The lowest BCUT2D eigenvalue weighted by Crippen LogP contribution is -2.54. The van der Waals surface area contributed by atoms with Crippen LogP contribution < -0.4 is 5.56 Å². The number of aromatic nitrogens is 2. The summed E-state index contributed by atoms with van der Waals surface area (Å²) in [4.78, 5) is 16.4. The molecule has 11 heteroatoms. The van der Waals surface area contributed by atoms with Gasteiger partial charge in [-0.25, -0.2) is 0 Å². The van der Waals surface area contributed by atoms with Crippen molar-refractivity contribution in [3.63, 3.8) is 0 Å². The predicted octanol–water partition coefficient (Wildman–Crippen LogP) is 7.67. The minimum Gasteiger partial charge on any atom is -0.414 e. The molecule has 0 N–H and O–H groups in total. The summed E-state index contributed by atoms with van der Waals surface area (Å²) in [5.74, 6) is 0. The molecule has 0 unspecified atom stereocenters. The van der Waals surface area contributed by atoms with Crippen LogP contribution in [0.5, 0.6) is 0 Å². The van der Waals surface area contributed by atoms with E-state index in [1.807, 2.05) is 10.8 Å². The Kier molecular flexibility index (Phi) is 10.5. The highest BCUT2D eigenvalue weighted by Crippen LogP contribution is 2.46. The van der Waals surface area contributed by atoms with E-state index < -0.39 is 31.2 Å². The van der Waals surface area contributed by atoms with Crippen molar-refractivity contribution < 1.29 is 18.0 Å². The highest BCUT2D eigenvalue weighted by molar-refractivity contribution is 7.98. The molecule has 0 aromatic carbocycles. The van der Waals surface area contributed by atoms with E-state index in [1.165, 1.54) is 17.8 Å². The lowest BCUT2D eigenvalue weighted by atomic mass is 10.1. The molecular formula is C28H56N2O5SSi3. The topological polar surface area (TPSA) is 71.8 Å². The number of ether oxygens (including phenoxy) is 1. The molecule has 1 fully saturated rings. The monoisotopic (exact) mass is 616 g/mol. The molecular weight excluding hydrogens is 561 g/mol. The molecule has 7 nitrogen and oxygen atoms in total. The van der Waals surface area contributed by atoms with Crippen LogP contribution in [0.1, 0.15) is 68.5 Å². The van der Waals surface area contributed by atoms with Crippen molar-refractivity contribution in [1.82, 2.24) is 9.55 Å². The molecule has 0 bridgehead atoms. The van der Waals surface area contributed by atoms with E-state index in [4.69, 9.17) is 18.0 Å². The van der Waals surface area contributed by atoms with Crippen LogP contribution in [0.25, 0.3) is 0 Å². The van der Waals surface area contributed by atoms with Crippen LogP contribution in [0.3, 0.4) is 0 Å². The van der Waals surface area contributed by atoms with Crippen molar-refractivity contribution in [2.75, 3.05) is 12.9 Å². The molecule has 1 aliphatic heterocycles. The summed E-state index contributed by atoms with van der Waals surface area (Å²) >= 11 is 1.43. The molecule has 0 spiro atoms. The fourth-order valence-electron chi connectivity index (χ4n) is 3.62. The molecule has 1 aromatic heterocycles. The summed E-state index contributed by atoms with van der Waals surface area (Å²) in [6.45, 7) is 34.4. The van der Waals surface area contributed by atoms with Crippen LogP contribution in [-0.4, -0.2) is 65.7 Å². The van der Waals surface area contributed by atoms with Crippen molar-refractivity contribution >= 4 is 36.7 Å². The molecule has 226 valence electrons. The Morgan fingerprint density at radius 1 is 0.846 bits per heavy atom. The van der Waals surface area contributed by atoms with E-state index in [0.29, 0.717) is 11.8 Å². The minimum atomic E-state index is -2.24.